The van der Waals surface area contributed by atoms with Crippen molar-refractivity contribution in [3.63, 3.8) is 0 Å². The molecule has 158 valence electrons. The molecule has 5 nitrogen and oxygen atoms in total. The van der Waals surface area contributed by atoms with Crippen LogP contribution in [0.25, 0.3) is 11.1 Å². The van der Waals surface area contributed by atoms with Crippen molar-refractivity contribution in [2.75, 3.05) is 7.05 Å². The third-order valence-corrected chi connectivity index (χ3v) is 6.72. The molecule has 0 fully saturated rings. The van der Waals surface area contributed by atoms with Crippen LogP contribution in [-0.4, -0.2) is 23.1 Å². The Balaban J connectivity index is 2.11. The van der Waals surface area contributed by atoms with Crippen LogP contribution in [0.4, 0.5) is 9.18 Å². The van der Waals surface area contributed by atoms with Gasteiger partial charge in [-0.05, 0) is 30.3 Å². The fourth-order valence-corrected chi connectivity index (χ4v) is 5.71. The van der Waals surface area contributed by atoms with Crippen LogP contribution in [-0.2, 0) is 4.74 Å². The Kier molecular flexibility index (Phi) is 7.00. The quantitative estimate of drug-likeness (QED) is 0.430. The van der Waals surface area contributed by atoms with Gasteiger partial charge < -0.3 is 10.1 Å². The van der Waals surface area contributed by atoms with E-state index in [1.807, 2.05) is 32.9 Å². The highest BCUT2D eigenvalue weighted by Gasteiger charge is 2.33. The van der Waals surface area contributed by atoms with Gasteiger partial charge in [-0.15, -0.1) is 11.3 Å². The number of alkyl carbamates (subject to hydrolysis) is 1. The van der Waals surface area contributed by atoms with Gasteiger partial charge in [-0.25, -0.2) is 14.8 Å². The fourth-order valence-electron chi connectivity index (χ4n) is 2.76. The van der Waals surface area contributed by atoms with E-state index in [1.54, 1.807) is 24.4 Å². The third-order valence-electron chi connectivity index (χ3n) is 4.15. The van der Waals surface area contributed by atoms with Crippen LogP contribution < -0.4 is 5.32 Å². The van der Waals surface area contributed by atoms with Crippen molar-refractivity contribution in [3.05, 3.63) is 58.7 Å². The summed E-state index contributed by atoms with van der Waals surface area (Å²) in [6, 6.07) is 8.83. The lowest BCUT2D eigenvalue weighted by Crippen LogP contribution is -2.28. The van der Waals surface area contributed by atoms with Gasteiger partial charge in [-0.1, -0.05) is 44.1 Å². The second-order valence-corrected chi connectivity index (χ2v) is 10.3. The fraction of sp³-hybridized carbons (Fsp3) is 0.286. The van der Waals surface area contributed by atoms with E-state index in [-0.39, 0.29) is 5.41 Å². The van der Waals surface area contributed by atoms with Crippen LogP contribution in [0, 0.1) is 11.4 Å². The number of rotatable bonds is 5. The van der Waals surface area contributed by atoms with Crippen molar-refractivity contribution in [2.24, 2.45) is 5.41 Å². The summed E-state index contributed by atoms with van der Waals surface area (Å²) in [7, 11) is 1.52. The molecule has 9 heteroatoms. The predicted molar refractivity (Wildman–Crippen MR) is 119 cm³/mol. The Morgan fingerprint density at radius 2 is 2.00 bits per heavy atom. The van der Waals surface area contributed by atoms with Crippen LogP contribution in [0.3, 0.4) is 0 Å². The number of carbonyl (C=O) groups excluding carboxylic acids is 1. The molecule has 0 bridgehead atoms. The standard InChI is InChI=1S/C21H21ClFN3O2S2/c1-21(2,3)17(28-20(27)24-4)15-11-14(13-6-5-8-26-18(13)23)19(30-15)29-12-7-9-25-16(22)10-12/h5-11,17H,1-4H3,(H,24,27). The third kappa shape index (κ3) is 5.30. The van der Waals surface area contributed by atoms with Crippen LogP contribution in [0.2, 0.25) is 5.15 Å². The average molecular weight is 466 g/mol. The van der Waals surface area contributed by atoms with Gasteiger partial charge in [0.1, 0.15) is 11.3 Å². The van der Waals surface area contributed by atoms with E-state index in [9.17, 15) is 9.18 Å². The summed E-state index contributed by atoms with van der Waals surface area (Å²) in [5, 5.41) is 2.87. The molecule has 0 aliphatic heterocycles. The largest absolute Gasteiger partial charge is 0.440 e. The van der Waals surface area contributed by atoms with Gasteiger partial charge in [0.15, 0.2) is 0 Å². The normalized spacial score (nSPS) is 12.5. The van der Waals surface area contributed by atoms with Gasteiger partial charge in [0, 0.05) is 45.8 Å². The molecule has 3 heterocycles. The Labute approximate surface area is 188 Å². The summed E-state index contributed by atoms with van der Waals surface area (Å²) in [5.74, 6) is -0.559. The number of hydrogen-bond acceptors (Lipinski definition) is 6. The number of hydrogen-bond donors (Lipinski definition) is 1. The molecule has 3 aromatic rings. The molecule has 1 amide bonds. The van der Waals surface area contributed by atoms with Crippen LogP contribution in [0.1, 0.15) is 31.8 Å². The number of nitrogens with one attached hydrogen (secondary N) is 1. The van der Waals surface area contributed by atoms with Crippen LogP contribution >= 0.6 is 34.7 Å². The Bertz CT molecular complexity index is 1050. The maximum atomic E-state index is 14.5. The number of ether oxygens (including phenoxy) is 1. The lowest BCUT2D eigenvalue weighted by molar-refractivity contribution is 0.0338. The second kappa shape index (κ2) is 9.32. The van der Waals surface area contributed by atoms with E-state index in [0.717, 1.165) is 14.0 Å². The van der Waals surface area contributed by atoms with E-state index >= 15 is 0 Å². The smallest absolute Gasteiger partial charge is 0.407 e. The summed E-state index contributed by atoms with van der Waals surface area (Å²) in [4.78, 5) is 21.4. The van der Waals surface area contributed by atoms with Gasteiger partial charge in [0.05, 0.1) is 4.21 Å². The van der Waals surface area contributed by atoms with Crippen molar-refractivity contribution < 1.29 is 13.9 Å². The molecule has 3 rings (SSSR count). The summed E-state index contributed by atoms with van der Waals surface area (Å²) in [6.07, 6.45) is 1.99. The Hall–Kier alpha value is -2.16. The minimum Gasteiger partial charge on any atom is -0.440 e. The molecule has 0 aliphatic carbocycles. The SMILES string of the molecule is CNC(=O)OC(c1cc(-c2cccnc2F)c(Sc2ccnc(Cl)c2)s1)C(C)(C)C. The summed E-state index contributed by atoms with van der Waals surface area (Å²) in [6.45, 7) is 5.96. The van der Waals surface area contributed by atoms with Crippen molar-refractivity contribution >= 4 is 40.8 Å². The maximum Gasteiger partial charge on any atom is 0.407 e. The Morgan fingerprint density at radius 3 is 2.63 bits per heavy atom. The number of thiophene rings is 1. The molecule has 3 aromatic heterocycles. The molecule has 1 N–H and O–H groups in total. The second-order valence-electron chi connectivity index (χ2n) is 7.51. The molecule has 30 heavy (non-hydrogen) atoms. The van der Waals surface area contributed by atoms with Crippen molar-refractivity contribution in [1.29, 1.82) is 0 Å². The molecular formula is C21H21ClFN3O2S2. The maximum absolute atomic E-state index is 14.5. The first kappa shape index (κ1) is 22.5. The highest BCUT2D eigenvalue weighted by molar-refractivity contribution is 8.01. The number of aromatic nitrogens is 2. The first-order valence-corrected chi connectivity index (χ1v) is 11.1. The lowest BCUT2D eigenvalue weighted by Gasteiger charge is -2.29. The molecule has 1 atom stereocenters. The lowest BCUT2D eigenvalue weighted by atomic mass is 9.87. The number of carbonyl (C=O) groups is 1. The van der Waals surface area contributed by atoms with E-state index in [0.29, 0.717) is 16.3 Å². The van der Waals surface area contributed by atoms with Gasteiger partial charge in [-0.2, -0.15) is 4.39 Å². The number of amides is 1. The van der Waals surface area contributed by atoms with Crippen LogP contribution in [0.5, 0.6) is 0 Å². The van der Waals surface area contributed by atoms with Gasteiger partial charge >= 0.3 is 6.09 Å². The highest BCUT2D eigenvalue weighted by atomic mass is 35.5. The molecule has 0 aromatic carbocycles. The Morgan fingerprint density at radius 1 is 1.23 bits per heavy atom. The van der Waals surface area contributed by atoms with E-state index in [1.165, 1.54) is 36.3 Å². The first-order valence-electron chi connectivity index (χ1n) is 9.11. The van der Waals surface area contributed by atoms with Crippen molar-refractivity contribution in [1.82, 2.24) is 15.3 Å². The molecule has 0 spiro atoms. The van der Waals surface area contributed by atoms with Crippen molar-refractivity contribution in [2.45, 2.75) is 36.0 Å². The van der Waals surface area contributed by atoms with E-state index in [2.05, 4.69) is 15.3 Å². The minimum atomic E-state index is -0.559. The summed E-state index contributed by atoms with van der Waals surface area (Å²) < 4.78 is 21.0. The minimum absolute atomic E-state index is 0.371. The average Bonchev–Trinajstić information content (AvgIpc) is 3.08. The van der Waals surface area contributed by atoms with Gasteiger partial charge in [0.2, 0.25) is 5.95 Å². The van der Waals surface area contributed by atoms with E-state index < -0.39 is 18.1 Å². The van der Waals surface area contributed by atoms with Crippen molar-refractivity contribution in [3.8, 4) is 11.1 Å². The molecular weight excluding hydrogens is 445 g/mol. The molecule has 0 saturated heterocycles. The zero-order chi connectivity index (χ0) is 21.9. The topological polar surface area (TPSA) is 64.1 Å². The van der Waals surface area contributed by atoms with Gasteiger partial charge in [-0.3, -0.25) is 0 Å². The first-order chi connectivity index (χ1) is 14.2. The monoisotopic (exact) mass is 465 g/mol. The zero-order valence-electron chi connectivity index (χ0n) is 16.9. The van der Waals surface area contributed by atoms with Gasteiger partial charge in [0.25, 0.3) is 0 Å². The van der Waals surface area contributed by atoms with E-state index in [4.69, 9.17) is 16.3 Å². The highest BCUT2D eigenvalue weighted by Crippen LogP contribution is 2.48. The molecule has 0 radical (unpaired) electrons. The summed E-state index contributed by atoms with van der Waals surface area (Å²) in [5.41, 5.74) is 0.702. The van der Waals surface area contributed by atoms with Crippen LogP contribution in [0.15, 0.2) is 51.8 Å². The predicted octanol–water partition coefficient (Wildman–Crippen LogP) is 6.59. The zero-order valence-corrected chi connectivity index (χ0v) is 19.3. The number of nitrogens with zero attached hydrogens (tertiary/aromatic N) is 2. The molecule has 0 aliphatic rings. The number of halogens is 2. The number of pyridine rings is 2. The molecule has 0 saturated carbocycles. The molecule has 1 unspecified atom stereocenters. The summed E-state index contributed by atoms with van der Waals surface area (Å²) >= 11 is 8.93.